The molecule has 1 heterocycles. The van der Waals surface area contributed by atoms with Crippen LogP contribution in [-0.4, -0.2) is 23.0 Å². The number of alkyl halides is 3. The zero-order valence-electron chi connectivity index (χ0n) is 17.5. The van der Waals surface area contributed by atoms with Crippen LogP contribution in [-0.2, 0) is 6.18 Å². The smallest absolute Gasteiger partial charge is 0.382 e. The first kappa shape index (κ1) is 22.0. The molecule has 1 aliphatic rings. The molecule has 0 unspecified atom stereocenters. The number of nitrogens with zero attached hydrogens (tertiary/aromatic N) is 1. The minimum atomic E-state index is -4.53. The van der Waals surface area contributed by atoms with Gasteiger partial charge in [0, 0.05) is 28.7 Å². The lowest BCUT2D eigenvalue weighted by atomic mass is 9.90. The highest BCUT2D eigenvalue weighted by molar-refractivity contribution is 5.96. The fourth-order valence-electron chi connectivity index (χ4n) is 4.16. The third-order valence-electron chi connectivity index (χ3n) is 5.94. The average molecular weight is 445 g/mol. The topological polar surface area (TPSA) is 54.0 Å². The zero-order chi connectivity index (χ0) is 22.9. The van der Waals surface area contributed by atoms with Crippen LogP contribution in [0, 0.1) is 12.7 Å². The Morgan fingerprint density at radius 3 is 2.41 bits per heavy atom. The molecule has 0 bridgehead atoms. The van der Waals surface area contributed by atoms with E-state index in [0.29, 0.717) is 47.9 Å². The summed E-state index contributed by atoms with van der Waals surface area (Å²) in [5, 5.41) is 6.85. The maximum atomic E-state index is 13.7. The third-order valence-corrected chi connectivity index (χ3v) is 5.94. The van der Waals surface area contributed by atoms with Crippen molar-refractivity contribution in [1.82, 2.24) is 10.3 Å². The van der Waals surface area contributed by atoms with Crippen molar-refractivity contribution in [3.05, 3.63) is 71.2 Å². The lowest BCUT2D eigenvalue weighted by Gasteiger charge is -2.31. The van der Waals surface area contributed by atoms with Crippen molar-refractivity contribution < 1.29 is 22.4 Å². The minimum Gasteiger partial charge on any atom is -0.382 e. The van der Waals surface area contributed by atoms with E-state index in [-0.39, 0.29) is 23.5 Å². The summed E-state index contributed by atoms with van der Waals surface area (Å²) in [6, 6.07) is 12.1. The van der Waals surface area contributed by atoms with Crippen LogP contribution in [0.2, 0.25) is 0 Å². The summed E-state index contributed by atoms with van der Waals surface area (Å²) in [6.45, 7) is 1.57. The van der Waals surface area contributed by atoms with E-state index < -0.39 is 17.7 Å². The highest BCUT2D eigenvalue weighted by Gasteiger charge is 2.34. The van der Waals surface area contributed by atoms with Crippen LogP contribution in [0.5, 0.6) is 0 Å². The number of fused-ring (bicyclic) bond motifs is 1. The molecule has 3 aromatic rings. The number of halogens is 4. The Morgan fingerprint density at radius 2 is 1.69 bits per heavy atom. The Labute approximate surface area is 183 Å². The SMILES string of the molecule is Cc1c(F)cccc1C(=O)NC1CCC(Nc2cc(C(F)(F)F)nc3ccccc23)CC1. The minimum absolute atomic E-state index is 0.0223. The molecule has 8 heteroatoms. The van der Waals surface area contributed by atoms with E-state index in [1.807, 2.05) is 0 Å². The lowest BCUT2D eigenvalue weighted by Crippen LogP contribution is -2.40. The van der Waals surface area contributed by atoms with Gasteiger partial charge in [0.2, 0.25) is 0 Å². The second-order valence-electron chi connectivity index (χ2n) is 8.15. The number of benzene rings is 2. The molecule has 0 spiro atoms. The molecule has 2 aromatic carbocycles. The molecule has 1 fully saturated rings. The summed E-state index contributed by atoms with van der Waals surface area (Å²) >= 11 is 0. The molecule has 1 amide bonds. The number of rotatable bonds is 4. The van der Waals surface area contributed by atoms with Gasteiger partial charge in [-0.2, -0.15) is 13.2 Å². The highest BCUT2D eigenvalue weighted by atomic mass is 19.4. The zero-order valence-corrected chi connectivity index (χ0v) is 17.5. The summed E-state index contributed by atoms with van der Waals surface area (Å²) in [4.78, 5) is 16.3. The first-order valence-corrected chi connectivity index (χ1v) is 10.5. The molecule has 0 aliphatic heterocycles. The molecule has 0 saturated heterocycles. The number of carbonyl (C=O) groups is 1. The van der Waals surface area contributed by atoms with Gasteiger partial charge in [-0.3, -0.25) is 4.79 Å². The van der Waals surface area contributed by atoms with Crippen LogP contribution in [0.15, 0.2) is 48.5 Å². The van der Waals surface area contributed by atoms with Crippen molar-refractivity contribution in [2.45, 2.75) is 50.9 Å². The summed E-state index contributed by atoms with van der Waals surface area (Å²) in [7, 11) is 0. The Hall–Kier alpha value is -3.16. The molecule has 0 atom stereocenters. The van der Waals surface area contributed by atoms with Gasteiger partial charge in [-0.1, -0.05) is 24.3 Å². The van der Waals surface area contributed by atoms with Crippen molar-refractivity contribution >= 4 is 22.5 Å². The van der Waals surface area contributed by atoms with Gasteiger partial charge in [0.05, 0.1) is 5.52 Å². The molecule has 0 radical (unpaired) electrons. The number of anilines is 1. The molecule has 4 rings (SSSR count). The van der Waals surface area contributed by atoms with Crippen LogP contribution in [0.25, 0.3) is 10.9 Å². The number of aromatic nitrogens is 1. The van der Waals surface area contributed by atoms with Crippen LogP contribution in [0.3, 0.4) is 0 Å². The number of nitrogens with one attached hydrogen (secondary N) is 2. The van der Waals surface area contributed by atoms with E-state index in [9.17, 15) is 22.4 Å². The molecule has 1 aromatic heterocycles. The quantitative estimate of drug-likeness (QED) is 0.495. The van der Waals surface area contributed by atoms with E-state index in [0.717, 1.165) is 6.07 Å². The van der Waals surface area contributed by atoms with Crippen LogP contribution in [0.1, 0.15) is 47.3 Å². The predicted molar refractivity (Wildman–Crippen MR) is 115 cm³/mol. The Bertz CT molecular complexity index is 1140. The first-order valence-electron chi connectivity index (χ1n) is 10.5. The van der Waals surface area contributed by atoms with Gasteiger partial charge < -0.3 is 10.6 Å². The molecule has 2 N–H and O–H groups in total. The van der Waals surface area contributed by atoms with E-state index in [1.54, 1.807) is 37.3 Å². The van der Waals surface area contributed by atoms with Gasteiger partial charge in [0.25, 0.3) is 5.91 Å². The fourth-order valence-corrected chi connectivity index (χ4v) is 4.16. The van der Waals surface area contributed by atoms with E-state index in [4.69, 9.17) is 0 Å². The van der Waals surface area contributed by atoms with E-state index >= 15 is 0 Å². The second-order valence-corrected chi connectivity index (χ2v) is 8.15. The van der Waals surface area contributed by atoms with Crippen LogP contribution in [0.4, 0.5) is 23.2 Å². The third kappa shape index (κ3) is 4.69. The fraction of sp³-hybridized carbons (Fsp3) is 0.333. The van der Waals surface area contributed by atoms with Crippen molar-refractivity contribution in [2.24, 2.45) is 0 Å². The molecule has 32 heavy (non-hydrogen) atoms. The summed E-state index contributed by atoms with van der Waals surface area (Å²) in [6.07, 6.45) is -1.81. The van der Waals surface area contributed by atoms with Crippen molar-refractivity contribution in [3.8, 4) is 0 Å². The summed E-state index contributed by atoms with van der Waals surface area (Å²) < 4.78 is 53.6. The van der Waals surface area contributed by atoms with Gasteiger partial charge in [-0.15, -0.1) is 0 Å². The molecule has 1 aliphatic carbocycles. The van der Waals surface area contributed by atoms with Crippen molar-refractivity contribution in [3.63, 3.8) is 0 Å². The second kappa shape index (κ2) is 8.76. The molecule has 168 valence electrons. The number of carbonyl (C=O) groups excluding carboxylic acids is 1. The molecular formula is C24H23F4N3O. The first-order chi connectivity index (χ1) is 15.2. The number of amides is 1. The van der Waals surface area contributed by atoms with Gasteiger partial charge in [-0.25, -0.2) is 9.37 Å². The number of hydrogen-bond donors (Lipinski definition) is 2. The maximum absolute atomic E-state index is 13.7. The highest BCUT2D eigenvalue weighted by Crippen LogP contribution is 2.34. The Morgan fingerprint density at radius 1 is 1.00 bits per heavy atom. The van der Waals surface area contributed by atoms with Crippen LogP contribution < -0.4 is 10.6 Å². The van der Waals surface area contributed by atoms with Gasteiger partial charge in [-0.05, 0) is 62.4 Å². The molecule has 4 nitrogen and oxygen atoms in total. The van der Waals surface area contributed by atoms with E-state index in [1.165, 1.54) is 12.1 Å². The van der Waals surface area contributed by atoms with Gasteiger partial charge in [0.15, 0.2) is 0 Å². The summed E-state index contributed by atoms with van der Waals surface area (Å²) in [5.74, 6) is -0.735. The summed E-state index contributed by atoms with van der Waals surface area (Å²) in [5.41, 5.74) is 0.394. The van der Waals surface area contributed by atoms with Crippen molar-refractivity contribution in [1.29, 1.82) is 0 Å². The number of para-hydroxylation sites is 1. The monoisotopic (exact) mass is 445 g/mol. The molecule has 1 saturated carbocycles. The van der Waals surface area contributed by atoms with Crippen LogP contribution >= 0.6 is 0 Å². The van der Waals surface area contributed by atoms with Gasteiger partial charge in [0.1, 0.15) is 11.5 Å². The molecular weight excluding hydrogens is 422 g/mol. The predicted octanol–water partition coefficient (Wildman–Crippen LogP) is 5.85. The largest absolute Gasteiger partial charge is 0.433 e. The standard InChI is InChI=1S/C24H23F4N3O/c1-14-17(6-4-7-19(14)25)23(32)30-16-11-9-15(10-12-16)29-21-13-22(24(26,27)28)31-20-8-3-2-5-18(20)21/h2-8,13,15-16H,9-12H2,1H3,(H,29,31)(H,30,32). The lowest BCUT2D eigenvalue weighted by molar-refractivity contribution is -0.140. The Kier molecular flexibility index (Phi) is 6.04. The normalized spacial score (nSPS) is 19.0. The van der Waals surface area contributed by atoms with E-state index in [2.05, 4.69) is 15.6 Å². The Balaban J connectivity index is 1.43. The van der Waals surface area contributed by atoms with Gasteiger partial charge >= 0.3 is 6.18 Å². The van der Waals surface area contributed by atoms with Crippen molar-refractivity contribution in [2.75, 3.05) is 5.32 Å². The average Bonchev–Trinajstić information content (AvgIpc) is 2.76. The number of hydrogen-bond acceptors (Lipinski definition) is 3. The maximum Gasteiger partial charge on any atom is 0.433 e. The number of pyridine rings is 1.